The molecule has 0 amide bonds. The number of hydrogen-bond donors (Lipinski definition) is 5. The van der Waals surface area contributed by atoms with Crippen LogP contribution in [0.15, 0.2) is 42.5 Å². The van der Waals surface area contributed by atoms with Gasteiger partial charge in [-0.05, 0) is 55.3 Å². The molecule has 2 aromatic rings. The van der Waals surface area contributed by atoms with Gasteiger partial charge in [0.1, 0.15) is 42.6 Å². The number of rotatable bonds is 8. The van der Waals surface area contributed by atoms with Crippen molar-refractivity contribution in [2.75, 3.05) is 6.61 Å². The van der Waals surface area contributed by atoms with Gasteiger partial charge in [-0.2, -0.15) is 0 Å². The van der Waals surface area contributed by atoms with Gasteiger partial charge in [0.15, 0.2) is 11.5 Å². The number of hydrogen-bond acceptors (Lipinski definition) is 10. The average molecular weight is 462 g/mol. The minimum absolute atomic E-state index is 0.0123. The van der Waals surface area contributed by atoms with Crippen LogP contribution >= 0.6 is 0 Å². The smallest absolute Gasteiger partial charge is 0.338 e. The highest BCUT2D eigenvalue weighted by molar-refractivity contribution is 5.89. The van der Waals surface area contributed by atoms with Gasteiger partial charge in [0.25, 0.3) is 0 Å². The van der Waals surface area contributed by atoms with E-state index in [0.717, 1.165) is 0 Å². The highest BCUT2D eigenvalue weighted by atomic mass is 16.7. The maximum absolute atomic E-state index is 12.2. The molecule has 5 N–H and O–H groups in total. The zero-order valence-electron chi connectivity index (χ0n) is 17.8. The van der Waals surface area contributed by atoms with Gasteiger partial charge >= 0.3 is 5.97 Å². The van der Waals surface area contributed by atoms with Crippen LogP contribution in [0, 0.1) is 0 Å². The molecule has 0 bridgehead atoms. The third kappa shape index (κ3) is 6.20. The fraction of sp³-hybridized carbons (Fsp3) is 0.391. The SMILES string of the molecule is CC(=O)CCc1ccc(O[C@@H]2O[C@H](COC(=O)c3ccc(O)cc3)[C@@H](O)[C@H](O)[C@H]2O)c(O)c1. The topological polar surface area (TPSA) is 163 Å². The quantitative estimate of drug-likeness (QED) is 0.352. The van der Waals surface area contributed by atoms with Crippen LogP contribution in [0.4, 0.5) is 0 Å². The Kier molecular flexibility index (Phi) is 7.88. The van der Waals surface area contributed by atoms with E-state index in [2.05, 4.69) is 0 Å². The molecule has 1 aliphatic heterocycles. The van der Waals surface area contributed by atoms with Crippen LogP contribution in [0.1, 0.15) is 29.3 Å². The van der Waals surface area contributed by atoms with Crippen LogP contribution in [0.3, 0.4) is 0 Å². The van der Waals surface area contributed by atoms with Gasteiger partial charge in [-0.1, -0.05) is 6.07 Å². The molecule has 0 saturated carbocycles. The summed E-state index contributed by atoms with van der Waals surface area (Å²) in [7, 11) is 0. The van der Waals surface area contributed by atoms with Gasteiger partial charge in [-0.25, -0.2) is 4.79 Å². The van der Waals surface area contributed by atoms with Gasteiger partial charge in [0, 0.05) is 6.42 Å². The Hall–Kier alpha value is -3.18. The maximum Gasteiger partial charge on any atom is 0.338 e. The summed E-state index contributed by atoms with van der Waals surface area (Å²) in [6.45, 7) is 1.01. The van der Waals surface area contributed by atoms with Gasteiger partial charge in [0.2, 0.25) is 6.29 Å². The molecule has 2 aromatic carbocycles. The number of esters is 1. The lowest BCUT2D eigenvalue weighted by Gasteiger charge is -2.39. The number of aromatic hydroxyl groups is 2. The van der Waals surface area contributed by atoms with Crippen LogP contribution in [0.25, 0.3) is 0 Å². The van der Waals surface area contributed by atoms with Crippen LogP contribution in [-0.2, 0) is 20.7 Å². The van der Waals surface area contributed by atoms with Crippen molar-refractivity contribution in [3.8, 4) is 17.2 Å². The van der Waals surface area contributed by atoms with Crippen LogP contribution in [0.2, 0.25) is 0 Å². The summed E-state index contributed by atoms with van der Waals surface area (Å²) in [6.07, 6.45) is -6.85. The number of aliphatic hydroxyl groups is 3. The van der Waals surface area contributed by atoms with Crippen molar-refractivity contribution in [1.29, 1.82) is 0 Å². The lowest BCUT2D eigenvalue weighted by atomic mass is 9.99. The minimum atomic E-state index is -1.67. The van der Waals surface area contributed by atoms with E-state index in [9.17, 15) is 35.1 Å². The highest BCUT2D eigenvalue weighted by Crippen LogP contribution is 2.31. The monoisotopic (exact) mass is 462 g/mol. The van der Waals surface area contributed by atoms with E-state index in [0.29, 0.717) is 18.4 Å². The standard InChI is InChI=1S/C23H26O10/c1-12(24)2-3-13-4-9-17(16(26)10-13)32-23-21(29)20(28)19(27)18(33-23)11-31-22(30)14-5-7-15(25)8-6-14/h4-10,18-21,23,25-29H,2-3,11H2,1H3/t18-,19-,20+,21-,23-/m1/s1. The second kappa shape index (κ2) is 10.6. The molecule has 0 unspecified atom stereocenters. The number of aliphatic hydroxyl groups excluding tert-OH is 3. The van der Waals surface area contributed by atoms with Crippen LogP contribution in [0.5, 0.6) is 17.2 Å². The fourth-order valence-electron chi connectivity index (χ4n) is 3.25. The largest absolute Gasteiger partial charge is 0.508 e. The number of ketones is 1. The Labute approximate surface area is 189 Å². The molecule has 10 heteroatoms. The van der Waals surface area contributed by atoms with Crippen LogP contribution < -0.4 is 4.74 Å². The van der Waals surface area contributed by atoms with Gasteiger partial charge in [0.05, 0.1) is 5.56 Å². The van der Waals surface area contributed by atoms with Crippen molar-refractivity contribution < 1.29 is 49.3 Å². The predicted molar refractivity (Wildman–Crippen MR) is 113 cm³/mol. The van der Waals surface area contributed by atoms with Gasteiger partial charge in [-0.15, -0.1) is 0 Å². The number of carbonyl (C=O) groups is 2. The van der Waals surface area contributed by atoms with Crippen molar-refractivity contribution in [1.82, 2.24) is 0 Å². The van der Waals surface area contributed by atoms with Crippen molar-refractivity contribution in [3.05, 3.63) is 53.6 Å². The molecule has 33 heavy (non-hydrogen) atoms. The summed E-state index contributed by atoms with van der Waals surface area (Å²) in [5, 5.41) is 50.2. The number of phenols is 2. The summed E-state index contributed by atoms with van der Waals surface area (Å²) in [4.78, 5) is 23.3. The Morgan fingerprint density at radius 1 is 0.970 bits per heavy atom. The first-order valence-electron chi connectivity index (χ1n) is 10.3. The van der Waals surface area contributed by atoms with Crippen molar-refractivity contribution in [2.24, 2.45) is 0 Å². The molecular weight excluding hydrogens is 436 g/mol. The number of Topliss-reactive ketones (excluding diaryl/α,β-unsaturated/α-hetero) is 1. The summed E-state index contributed by atoms with van der Waals surface area (Å²) >= 11 is 0. The first kappa shape index (κ1) is 24.5. The highest BCUT2D eigenvalue weighted by Gasteiger charge is 2.45. The van der Waals surface area contributed by atoms with E-state index in [-0.39, 0.29) is 28.6 Å². The Morgan fingerprint density at radius 3 is 2.30 bits per heavy atom. The maximum atomic E-state index is 12.2. The summed E-state index contributed by atoms with van der Waals surface area (Å²) < 4.78 is 16.1. The molecular formula is C23H26O10. The summed E-state index contributed by atoms with van der Waals surface area (Å²) in [5.74, 6) is -1.07. The third-order valence-corrected chi connectivity index (χ3v) is 5.18. The number of carbonyl (C=O) groups excluding carboxylic acids is 2. The molecule has 1 aliphatic rings. The van der Waals surface area contributed by atoms with Gasteiger partial charge in [-0.3, -0.25) is 0 Å². The lowest BCUT2D eigenvalue weighted by Crippen LogP contribution is -2.60. The average Bonchev–Trinajstić information content (AvgIpc) is 2.78. The van der Waals surface area contributed by atoms with E-state index in [4.69, 9.17) is 14.2 Å². The van der Waals surface area contributed by atoms with Crippen LogP contribution in [-0.4, -0.2) is 74.6 Å². The van der Waals surface area contributed by atoms with E-state index in [1.165, 1.54) is 43.3 Å². The second-order valence-electron chi connectivity index (χ2n) is 7.78. The van der Waals surface area contributed by atoms with E-state index >= 15 is 0 Å². The molecule has 1 fully saturated rings. The number of benzene rings is 2. The van der Waals surface area contributed by atoms with Crippen molar-refractivity contribution in [2.45, 2.75) is 50.5 Å². The van der Waals surface area contributed by atoms with E-state index in [1.807, 2.05) is 0 Å². The molecule has 10 nitrogen and oxygen atoms in total. The lowest BCUT2D eigenvalue weighted by molar-refractivity contribution is -0.277. The minimum Gasteiger partial charge on any atom is -0.508 e. The zero-order chi connectivity index (χ0) is 24.1. The molecule has 0 spiro atoms. The summed E-state index contributed by atoms with van der Waals surface area (Å²) in [6, 6.07) is 9.80. The zero-order valence-corrected chi connectivity index (χ0v) is 17.8. The molecule has 0 aromatic heterocycles. The summed E-state index contributed by atoms with van der Waals surface area (Å²) in [5.41, 5.74) is 0.857. The molecule has 178 valence electrons. The molecule has 3 rings (SSSR count). The Morgan fingerprint density at radius 2 is 1.67 bits per heavy atom. The molecule has 5 atom stereocenters. The van der Waals surface area contributed by atoms with Crippen molar-refractivity contribution in [3.63, 3.8) is 0 Å². The van der Waals surface area contributed by atoms with Crippen molar-refractivity contribution >= 4 is 11.8 Å². The third-order valence-electron chi connectivity index (χ3n) is 5.18. The number of aryl methyl sites for hydroxylation is 1. The first-order valence-corrected chi connectivity index (χ1v) is 10.3. The van der Waals surface area contributed by atoms with E-state index in [1.54, 1.807) is 6.07 Å². The number of phenolic OH excluding ortho intramolecular Hbond substituents is 2. The second-order valence-corrected chi connectivity index (χ2v) is 7.78. The normalized spacial score (nSPS) is 24.8. The molecule has 1 heterocycles. The van der Waals surface area contributed by atoms with Gasteiger partial charge < -0.3 is 44.5 Å². The molecule has 0 aliphatic carbocycles. The Balaban J connectivity index is 1.64. The van der Waals surface area contributed by atoms with E-state index < -0.39 is 43.3 Å². The Bertz CT molecular complexity index is 974. The molecule has 1 saturated heterocycles. The fourth-order valence-corrected chi connectivity index (χ4v) is 3.25. The molecule has 0 radical (unpaired) electrons. The predicted octanol–water partition coefficient (Wildman–Crippen LogP) is 0.663. The number of ether oxygens (including phenoxy) is 3. The first-order chi connectivity index (χ1) is 15.7.